The van der Waals surface area contributed by atoms with E-state index in [0.717, 1.165) is 36.8 Å². The number of halogens is 1. The van der Waals surface area contributed by atoms with Crippen molar-refractivity contribution in [2.24, 2.45) is 0 Å². The SMILES string of the molecule is Cc1c2c(nc3ccc(F)cc13)CCCNC2. The summed E-state index contributed by atoms with van der Waals surface area (Å²) < 4.78 is 13.3. The largest absolute Gasteiger partial charge is 0.313 e. The number of nitrogens with one attached hydrogen (secondary N) is 1. The molecule has 2 heterocycles. The molecule has 88 valence electrons. The van der Waals surface area contributed by atoms with Gasteiger partial charge in [0, 0.05) is 17.6 Å². The van der Waals surface area contributed by atoms with Gasteiger partial charge in [-0.25, -0.2) is 4.39 Å². The Balaban J connectivity index is 2.29. The number of aryl methyl sites for hydroxylation is 2. The summed E-state index contributed by atoms with van der Waals surface area (Å²) in [4.78, 5) is 4.67. The van der Waals surface area contributed by atoms with Crippen molar-refractivity contribution in [1.29, 1.82) is 0 Å². The lowest BCUT2D eigenvalue weighted by molar-refractivity contribution is 0.629. The summed E-state index contributed by atoms with van der Waals surface area (Å²) in [5, 5.41) is 4.33. The third-order valence-electron chi connectivity index (χ3n) is 3.49. The van der Waals surface area contributed by atoms with Crippen molar-refractivity contribution in [2.45, 2.75) is 26.3 Å². The van der Waals surface area contributed by atoms with Gasteiger partial charge in [-0.3, -0.25) is 4.98 Å². The summed E-state index contributed by atoms with van der Waals surface area (Å²) in [5.74, 6) is -0.191. The highest BCUT2D eigenvalue weighted by molar-refractivity contribution is 5.83. The van der Waals surface area contributed by atoms with Crippen molar-refractivity contribution >= 4 is 10.9 Å². The quantitative estimate of drug-likeness (QED) is 0.752. The number of nitrogens with zero attached hydrogens (tertiary/aromatic N) is 1. The number of rotatable bonds is 0. The summed E-state index contributed by atoms with van der Waals surface area (Å²) in [6.07, 6.45) is 2.13. The zero-order valence-corrected chi connectivity index (χ0v) is 9.89. The molecule has 0 fully saturated rings. The molecular weight excluding hydrogens is 215 g/mol. The molecule has 0 aliphatic carbocycles. The summed E-state index contributed by atoms with van der Waals surface area (Å²) in [6.45, 7) is 3.94. The highest BCUT2D eigenvalue weighted by Crippen LogP contribution is 2.25. The molecule has 1 aromatic carbocycles. The van der Waals surface area contributed by atoms with Crippen LogP contribution in [0.4, 0.5) is 4.39 Å². The summed E-state index contributed by atoms with van der Waals surface area (Å²) in [7, 11) is 0. The van der Waals surface area contributed by atoms with Crippen LogP contribution >= 0.6 is 0 Å². The first-order valence-corrected chi connectivity index (χ1v) is 6.04. The first-order valence-electron chi connectivity index (χ1n) is 6.04. The van der Waals surface area contributed by atoms with Crippen molar-refractivity contribution in [3.8, 4) is 0 Å². The molecule has 2 aromatic rings. The van der Waals surface area contributed by atoms with Crippen LogP contribution in [0.5, 0.6) is 0 Å². The summed E-state index contributed by atoms with van der Waals surface area (Å²) in [5.41, 5.74) is 4.50. The van der Waals surface area contributed by atoms with Crippen molar-refractivity contribution in [3.63, 3.8) is 0 Å². The Morgan fingerprint density at radius 3 is 3.12 bits per heavy atom. The molecule has 2 nitrogen and oxygen atoms in total. The molecule has 1 aromatic heterocycles. The van der Waals surface area contributed by atoms with Crippen LogP contribution in [0.2, 0.25) is 0 Å². The van der Waals surface area contributed by atoms with E-state index in [1.165, 1.54) is 22.9 Å². The van der Waals surface area contributed by atoms with Gasteiger partial charge in [0.15, 0.2) is 0 Å². The minimum atomic E-state index is -0.191. The van der Waals surface area contributed by atoms with Gasteiger partial charge in [0.05, 0.1) is 5.52 Å². The van der Waals surface area contributed by atoms with E-state index in [4.69, 9.17) is 0 Å². The van der Waals surface area contributed by atoms with Crippen LogP contribution in [-0.4, -0.2) is 11.5 Å². The van der Waals surface area contributed by atoms with E-state index in [9.17, 15) is 4.39 Å². The van der Waals surface area contributed by atoms with E-state index >= 15 is 0 Å². The maximum absolute atomic E-state index is 13.3. The van der Waals surface area contributed by atoms with E-state index in [-0.39, 0.29) is 5.82 Å². The van der Waals surface area contributed by atoms with Crippen molar-refractivity contribution in [3.05, 3.63) is 40.8 Å². The van der Waals surface area contributed by atoms with Crippen molar-refractivity contribution in [1.82, 2.24) is 10.3 Å². The maximum atomic E-state index is 13.3. The van der Waals surface area contributed by atoms with Gasteiger partial charge in [0.25, 0.3) is 0 Å². The van der Waals surface area contributed by atoms with E-state index in [2.05, 4.69) is 17.2 Å². The van der Waals surface area contributed by atoms with Crippen LogP contribution in [-0.2, 0) is 13.0 Å². The average Bonchev–Trinajstić information content (AvgIpc) is 2.56. The second-order valence-corrected chi connectivity index (χ2v) is 4.60. The predicted molar refractivity (Wildman–Crippen MR) is 66.5 cm³/mol. The Kier molecular flexibility index (Phi) is 2.56. The Hall–Kier alpha value is -1.48. The Labute approximate surface area is 99.9 Å². The maximum Gasteiger partial charge on any atom is 0.123 e. The van der Waals surface area contributed by atoms with Gasteiger partial charge in [0.1, 0.15) is 5.82 Å². The van der Waals surface area contributed by atoms with E-state index in [1.807, 2.05) is 0 Å². The number of benzene rings is 1. The standard InChI is InChI=1S/C14H15FN2/c1-9-11-7-10(15)4-5-14(11)17-13-3-2-6-16-8-12(9)13/h4-5,7,16H,2-3,6,8H2,1H3. The molecule has 0 unspecified atom stereocenters. The average molecular weight is 230 g/mol. The molecule has 0 atom stereocenters. The number of hydrogen-bond acceptors (Lipinski definition) is 2. The lowest BCUT2D eigenvalue weighted by atomic mass is 10.0. The second-order valence-electron chi connectivity index (χ2n) is 4.60. The fourth-order valence-electron chi connectivity index (χ4n) is 2.53. The van der Waals surface area contributed by atoms with Gasteiger partial charge >= 0.3 is 0 Å². The molecule has 0 bridgehead atoms. The monoisotopic (exact) mass is 230 g/mol. The minimum Gasteiger partial charge on any atom is -0.313 e. The zero-order chi connectivity index (χ0) is 11.8. The number of aromatic nitrogens is 1. The van der Waals surface area contributed by atoms with Gasteiger partial charge in [-0.1, -0.05) is 0 Å². The third kappa shape index (κ3) is 1.80. The van der Waals surface area contributed by atoms with E-state index in [1.54, 1.807) is 12.1 Å². The molecule has 3 rings (SSSR count). The predicted octanol–water partition coefficient (Wildman–Crippen LogP) is 2.72. The van der Waals surface area contributed by atoms with Crippen LogP contribution in [0.1, 0.15) is 23.2 Å². The highest BCUT2D eigenvalue weighted by Gasteiger charge is 2.14. The van der Waals surface area contributed by atoms with Crippen LogP contribution in [0.15, 0.2) is 18.2 Å². The molecule has 1 N–H and O–H groups in total. The van der Waals surface area contributed by atoms with Crippen LogP contribution in [0, 0.1) is 12.7 Å². The van der Waals surface area contributed by atoms with Gasteiger partial charge < -0.3 is 5.32 Å². The first kappa shape index (κ1) is 10.7. The number of pyridine rings is 1. The van der Waals surface area contributed by atoms with Gasteiger partial charge in [0.2, 0.25) is 0 Å². The molecule has 1 aliphatic rings. The van der Waals surface area contributed by atoms with Gasteiger partial charge in [-0.05, 0) is 55.6 Å². The zero-order valence-electron chi connectivity index (χ0n) is 9.89. The lowest BCUT2D eigenvalue weighted by Gasteiger charge is -2.12. The highest BCUT2D eigenvalue weighted by atomic mass is 19.1. The van der Waals surface area contributed by atoms with E-state index < -0.39 is 0 Å². The fraction of sp³-hybridized carbons (Fsp3) is 0.357. The molecule has 1 aliphatic heterocycles. The van der Waals surface area contributed by atoms with Crippen LogP contribution in [0.25, 0.3) is 10.9 Å². The number of fused-ring (bicyclic) bond motifs is 2. The lowest BCUT2D eigenvalue weighted by Crippen LogP contribution is -2.13. The molecular formula is C14H15FN2. The molecule has 0 amide bonds. The molecule has 17 heavy (non-hydrogen) atoms. The Morgan fingerprint density at radius 1 is 1.35 bits per heavy atom. The molecule has 0 spiro atoms. The Bertz CT molecular complexity index is 578. The Morgan fingerprint density at radius 2 is 2.24 bits per heavy atom. The first-order chi connectivity index (χ1) is 8.25. The second kappa shape index (κ2) is 4.08. The van der Waals surface area contributed by atoms with Gasteiger partial charge in [-0.15, -0.1) is 0 Å². The summed E-state index contributed by atoms with van der Waals surface area (Å²) in [6, 6.07) is 4.84. The third-order valence-corrected chi connectivity index (χ3v) is 3.49. The topological polar surface area (TPSA) is 24.9 Å². The van der Waals surface area contributed by atoms with Crippen LogP contribution < -0.4 is 5.32 Å². The minimum absolute atomic E-state index is 0.191. The molecule has 0 radical (unpaired) electrons. The van der Waals surface area contributed by atoms with Gasteiger partial charge in [-0.2, -0.15) is 0 Å². The van der Waals surface area contributed by atoms with Crippen molar-refractivity contribution < 1.29 is 4.39 Å². The normalized spacial score (nSPS) is 15.6. The molecule has 3 heteroatoms. The molecule has 0 saturated heterocycles. The smallest absolute Gasteiger partial charge is 0.123 e. The fourth-order valence-corrected chi connectivity index (χ4v) is 2.53. The van der Waals surface area contributed by atoms with E-state index in [0.29, 0.717) is 0 Å². The molecule has 0 saturated carbocycles. The van der Waals surface area contributed by atoms with Crippen molar-refractivity contribution in [2.75, 3.05) is 6.54 Å². The van der Waals surface area contributed by atoms with Crippen LogP contribution in [0.3, 0.4) is 0 Å². The number of hydrogen-bond donors (Lipinski definition) is 1. The summed E-state index contributed by atoms with van der Waals surface area (Å²) >= 11 is 0.